The molecule has 35 heavy (non-hydrogen) atoms. The average molecular weight is 471 g/mol. The van der Waals surface area contributed by atoms with Gasteiger partial charge in [-0.15, -0.1) is 0 Å². The minimum absolute atomic E-state index is 0.0119. The summed E-state index contributed by atoms with van der Waals surface area (Å²) >= 11 is 0. The lowest BCUT2D eigenvalue weighted by molar-refractivity contribution is 0.0772. The number of anilines is 2. The zero-order chi connectivity index (χ0) is 24.5. The molecule has 2 aromatic carbocycles. The van der Waals surface area contributed by atoms with Crippen LogP contribution in [0, 0.1) is 18.8 Å². The molecule has 0 radical (unpaired) electrons. The number of fused-ring (bicyclic) bond motifs is 1. The van der Waals surface area contributed by atoms with Crippen molar-refractivity contribution in [3.8, 4) is 5.75 Å². The van der Waals surface area contributed by atoms with Gasteiger partial charge in [-0.2, -0.15) is 0 Å². The molecule has 7 heteroatoms. The minimum atomic E-state index is -0.252. The summed E-state index contributed by atoms with van der Waals surface area (Å²) in [5.41, 5.74) is 3.91. The number of nitrogens with zero attached hydrogens (tertiary/aromatic N) is 2. The number of nitrogens with one attached hydrogen (secondary N) is 2. The Morgan fingerprint density at radius 3 is 2.37 bits per heavy atom. The molecule has 1 aliphatic carbocycles. The highest BCUT2D eigenvalue weighted by atomic mass is 16.5. The van der Waals surface area contributed by atoms with Crippen molar-refractivity contribution in [1.29, 1.82) is 0 Å². The van der Waals surface area contributed by atoms with Gasteiger partial charge in [-0.1, -0.05) is 18.2 Å². The molecule has 2 amide bonds. The number of rotatable bonds is 7. The van der Waals surface area contributed by atoms with E-state index >= 15 is 0 Å². The Morgan fingerprint density at radius 2 is 1.74 bits per heavy atom. The maximum atomic E-state index is 13.2. The van der Waals surface area contributed by atoms with Crippen LogP contribution in [0.3, 0.4) is 0 Å². The van der Waals surface area contributed by atoms with E-state index in [4.69, 9.17) is 4.74 Å². The van der Waals surface area contributed by atoms with Gasteiger partial charge in [-0.05, 0) is 79.1 Å². The summed E-state index contributed by atoms with van der Waals surface area (Å²) in [4.78, 5) is 32.2. The van der Waals surface area contributed by atoms with Crippen LogP contribution in [0.1, 0.15) is 44.7 Å². The van der Waals surface area contributed by atoms with Crippen molar-refractivity contribution in [2.45, 2.75) is 19.8 Å². The van der Waals surface area contributed by atoms with Crippen molar-refractivity contribution in [3.05, 3.63) is 83.0 Å². The molecule has 1 aromatic heterocycles. The average Bonchev–Trinajstić information content (AvgIpc) is 3.38. The number of carbonyl (C=O) groups is 2. The van der Waals surface area contributed by atoms with Gasteiger partial charge in [0.05, 0.1) is 12.7 Å². The number of benzene rings is 2. The van der Waals surface area contributed by atoms with E-state index in [0.717, 1.165) is 36.8 Å². The third kappa shape index (κ3) is 4.58. The number of amides is 2. The van der Waals surface area contributed by atoms with E-state index in [1.807, 2.05) is 43.0 Å². The second-order valence-corrected chi connectivity index (χ2v) is 9.28. The maximum Gasteiger partial charge on any atom is 0.257 e. The van der Waals surface area contributed by atoms with Crippen LogP contribution < -0.4 is 15.4 Å². The quantitative estimate of drug-likeness (QED) is 0.529. The zero-order valence-electron chi connectivity index (χ0n) is 20.2. The van der Waals surface area contributed by atoms with Crippen LogP contribution in [-0.2, 0) is 0 Å². The van der Waals surface area contributed by atoms with Gasteiger partial charge in [0.2, 0.25) is 0 Å². The molecule has 5 rings (SSSR count). The minimum Gasteiger partial charge on any atom is -0.497 e. The molecule has 180 valence electrons. The largest absolute Gasteiger partial charge is 0.497 e. The highest BCUT2D eigenvalue weighted by molar-refractivity contribution is 6.05. The molecule has 1 aliphatic heterocycles. The SMILES string of the molecule is CCNc1ccc(C(=O)Nc2cc(C(=O)N3C[C@@H]4C(c5ccc(OC)cc5)[C@@H]4C3)ccc2C)cn1. The summed E-state index contributed by atoms with van der Waals surface area (Å²) in [6.07, 6.45) is 1.55. The molecule has 3 atom stereocenters. The first kappa shape index (κ1) is 22.9. The first-order valence-electron chi connectivity index (χ1n) is 12.0. The van der Waals surface area contributed by atoms with E-state index in [1.54, 1.807) is 31.5 Å². The normalized spacial score (nSPS) is 20.2. The third-order valence-corrected chi connectivity index (χ3v) is 7.10. The molecule has 2 N–H and O–H groups in total. The molecule has 0 bridgehead atoms. The van der Waals surface area contributed by atoms with Crippen LogP contribution in [-0.4, -0.2) is 48.4 Å². The van der Waals surface area contributed by atoms with Crippen molar-refractivity contribution in [2.75, 3.05) is 37.4 Å². The van der Waals surface area contributed by atoms with Crippen molar-refractivity contribution in [1.82, 2.24) is 9.88 Å². The number of aryl methyl sites for hydroxylation is 1. The monoisotopic (exact) mass is 470 g/mol. The van der Waals surface area contributed by atoms with Gasteiger partial charge in [0.1, 0.15) is 11.6 Å². The van der Waals surface area contributed by atoms with Crippen LogP contribution in [0.25, 0.3) is 0 Å². The van der Waals surface area contributed by atoms with Crippen molar-refractivity contribution >= 4 is 23.3 Å². The van der Waals surface area contributed by atoms with E-state index in [-0.39, 0.29) is 11.8 Å². The second kappa shape index (κ2) is 9.41. The number of ether oxygens (including phenoxy) is 1. The Hall–Kier alpha value is -3.87. The highest BCUT2D eigenvalue weighted by Gasteiger charge is 2.57. The lowest BCUT2D eigenvalue weighted by atomic mass is 10.1. The van der Waals surface area contributed by atoms with Crippen LogP contribution >= 0.6 is 0 Å². The van der Waals surface area contributed by atoms with Crippen molar-refractivity contribution < 1.29 is 14.3 Å². The fourth-order valence-electron chi connectivity index (χ4n) is 5.09. The summed E-state index contributed by atoms with van der Waals surface area (Å²) in [6.45, 7) is 6.20. The number of methoxy groups -OCH3 is 1. The lowest BCUT2D eigenvalue weighted by Gasteiger charge is -2.21. The van der Waals surface area contributed by atoms with Crippen molar-refractivity contribution in [2.24, 2.45) is 11.8 Å². The Morgan fingerprint density at radius 1 is 1.03 bits per heavy atom. The molecular weight excluding hydrogens is 440 g/mol. The Balaban J connectivity index is 1.23. The molecule has 1 saturated heterocycles. The summed E-state index contributed by atoms with van der Waals surface area (Å²) in [5, 5.41) is 6.05. The van der Waals surface area contributed by atoms with Gasteiger partial charge in [0.25, 0.3) is 11.8 Å². The molecule has 1 saturated carbocycles. The molecule has 2 fully saturated rings. The molecule has 1 unspecified atom stereocenters. The molecule has 2 heterocycles. The summed E-state index contributed by atoms with van der Waals surface area (Å²) in [6, 6.07) is 17.3. The standard InChI is InChI=1S/C28H30N4O3/c1-4-29-25-12-9-20(14-30-25)27(33)31-24-13-19(6-5-17(24)2)28(34)32-15-22-23(16-32)26(22)18-7-10-21(35-3)11-8-18/h5-14,22-23,26H,4,15-16H2,1-3H3,(H,29,30)(H,31,33)/t22-,23+,26?. The van der Waals surface area contributed by atoms with E-state index < -0.39 is 0 Å². The first-order chi connectivity index (χ1) is 17.0. The molecular formula is C28H30N4O3. The number of hydrogen-bond acceptors (Lipinski definition) is 5. The predicted octanol–water partition coefficient (Wildman–Crippen LogP) is 4.57. The van der Waals surface area contributed by atoms with E-state index in [0.29, 0.717) is 34.6 Å². The number of aromatic nitrogens is 1. The fourth-order valence-corrected chi connectivity index (χ4v) is 5.09. The van der Waals surface area contributed by atoms with E-state index in [1.165, 1.54) is 5.56 Å². The van der Waals surface area contributed by atoms with E-state index in [9.17, 15) is 9.59 Å². The molecule has 2 aliphatic rings. The molecule has 3 aromatic rings. The van der Waals surface area contributed by atoms with Gasteiger partial charge in [-0.3, -0.25) is 9.59 Å². The zero-order valence-corrected chi connectivity index (χ0v) is 20.2. The van der Waals surface area contributed by atoms with Crippen LogP contribution in [0.5, 0.6) is 5.75 Å². The summed E-state index contributed by atoms with van der Waals surface area (Å²) in [5.74, 6) is 2.89. The number of hydrogen-bond donors (Lipinski definition) is 2. The second-order valence-electron chi connectivity index (χ2n) is 9.28. The van der Waals surface area contributed by atoms with Gasteiger partial charge >= 0.3 is 0 Å². The summed E-state index contributed by atoms with van der Waals surface area (Å²) in [7, 11) is 1.67. The fraction of sp³-hybridized carbons (Fsp3) is 0.321. The molecule has 7 nitrogen and oxygen atoms in total. The third-order valence-electron chi connectivity index (χ3n) is 7.10. The predicted molar refractivity (Wildman–Crippen MR) is 136 cm³/mol. The number of carbonyl (C=O) groups excluding carboxylic acids is 2. The van der Waals surface area contributed by atoms with Crippen molar-refractivity contribution in [3.63, 3.8) is 0 Å². The summed E-state index contributed by atoms with van der Waals surface area (Å²) < 4.78 is 5.26. The van der Waals surface area contributed by atoms with E-state index in [2.05, 4.69) is 27.8 Å². The number of piperidine rings is 1. The number of likely N-dealkylation sites (tertiary alicyclic amines) is 1. The van der Waals surface area contributed by atoms with Gasteiger partial charge < -0.3 is 20.3 Å². The molecule has 0 spiro atoms. The Kier molecular flexibility index (Phi) is 6.16. The Bertz CT molecular complexity index is 1230. The highest BCUT2D eigenvalue weighted by Crippen LogP contribution is 2.58. The lowest BCUT2D eigenvalue weighted by Crippen LogP contribution is -2.31. The smallest absolute Gasteiger partial charge is 0.257 e. The van der Waals surface area contributed by atoms with Gasteiger partial charge in [-0.25, -0.2) is 4.98 Å². The van der Waals surface area contributed by atoms with Crippen LogP contribution in [0.2, 0.25) is 0 Å². The topological polar surface area (TPSA) is 83.6 Å². The van der Waals surface area contributed by atoms with Crippen LogP contribution in [0.15, 0.2) is 60.8 Å². The first-order valence-corrected chi connectivity index (χ1v) is 12.0. The van der Waals surface area contributed by atoms with Crippen LogP contribution in [0.4, 0.5) is 11.5 Å². The maximum absolute atomic E-state index is 13.2. The van der Waals surface area contributed by atoms with Gasteiger partial charge in [0, 0.05) is 37.1 Å². The van der Waals surface area contributed by atoms with Gasteiger partial charge in [0.15, 0.2) is 0 Å². The number of pyridine rings is 1. The Labute approximate surface area is 205 Å².